The molecule has 0 aliphatic rings. The summed E-state index contributed by atoms with van der Waals surface area (Å²) in [5, 5.41) is 10.3. The van der Waals surface area contributed by atoms with Gasteiger partial charge in [-0.25, -0.2) is 22.4 Å². The highest BCUT2D eigenvalue weighted by Gasteiger charge is 2.43. The van der Waals surface area contributed by atoms with Crippen LogP contribution in [-0.2, 0) is 11.0 Å². The SMILES string of the molecule is O=C(O)c1c(Cl)c(Cl)c(Cl)c(Cl)c1C(=O)Nc1cccc(SC(C(=O)Nc2c(F)c(F)c(C(F)(F)F)c(F)c2F)c2ccccc2)c1. The minimum atomic E-state index is -5.78. The first-order chi connectivity index (χ1) is 21.9. The third kappa shape index (κ3) is 7.41. The number of carboxylic acids is 1. The topological polar surface area (TPSA) is 95.5 Å². The van der Waals surface area contributed by atoms with Crippen LogP contribution in [0.5, 0.6) is 0 Å². The first-order valence-corrected chi connectivity index (χ1v) is 14.8. The number of benzene rings is 4. The first kappa shape index (κ1) is 36.2. The maximum Gasteiger partial charge on any atom is 0.422 e. The molecule has 0 radical (unpaired) electrons. The van der Waals surface area contributed by atoms with Crippen molar-refractivity contribution in [3.63, 3.8) is 0 Å². The smallest absolute Gasteiger partial charge is 0.422 e. The number of anilines is 2. The number of amides is 2. The van der Waals surface area contributed by atoms with Crippen LogP contribution < -0.4 is 10.6 Å². The van der Waals surface area contributed by atoms with Crippen molar-refractivity contribution in [2.24, 2.45) is 0 Å². The lowest BCUT2D eigenvalue weighted by atomic mass is 10.1. The molecule has 4 aromatic rings. The Morgan fingerprint density at radius 3 is 1.81 bits per heavy atom. The number of alkyl halides is 3. The zero-order valence-electron chi connectivity index (χ0n) is 22.5. The summed E-state index contributed by atoms with van der Waals surface area (Å²) in [5.74, 6) is -14.5. The molecule has 18 heteroatoms. The van der Waals surface area contributed by atoms with Gasteiger partial charge in [-0.3, -0.25) is 9.59 Å². The van der Waals surface area contributed by atoms with E-state index in [9.17, 15) is 50.2 Å². The van der Waals surface area contributed by atoms with Crippen molar-refractivity contribution in [2.75, 3.05) is 10.6 Å². The summed E-state index contributed by atoms with van der Waals surface area (Å²) in [6.45, 7) is 0. The van der Waals surface area contributed by atoms with Crippen LogP contribution in [0.3, 0.4) is 0 Å². The van der Waals surface area contributed by atoms with E-state index in [2.05, 4.69) is 5.32 Å². The molecule has 4 aromatic carbocycles. The number of aromatic carboxylic acids is 1. The van der Waals surface area contributed by atoms with Crippen LogP contribution in [0.15, 0.2) is 59.5 Å². The molecule has 246 valence electrons. The van der Waals surface area contributed by atoms with E-state index < -0.39 is 94.9 Å². The number of carbonyl (C=O) groups excluding carboxylic acids is 2. The number of rotatable bonds is 8. The van der Waals surface area contributed by atoms with Crippen molar-refractivity contribution in [1.29, 1.82) is 0 Å². The number of halogens is 11. The van der Waals surface area contributed by atoms with Gasteiger partial charge in [0.2, 0.25) is 5.91 Å². The molecule has 0 fully saturated rings. The molecule has 0 spiro atoms. The van der Waals surface area contributed by atoms with E-state index in [1.165, 1.54) is 48.5 Å². The van der Waals surface area contributed by atoms with Crippen molar-refractivity contribution in [1.82, 2.24) is 0 Å². The molecule has 0 saturated heterocycles. The predicted octanol–water partition coefficient (Wildman–Crippen LogP) is 10.3. The van der Waals surface area contributed by atoms with Crippen LogP contribution >= 0.6 is 58.2 Å². The Hall–Kier alpha value is -3.69. The lowest BCUT2D eigenvalue weighted by Gasteiger charge is -2.19. The third-order valence-electron chi connectivity index (χ3n) is 6.19. The number of thioether (sulfide) groups is 1. The lowest BCUT2D eigenvalue weighted by Crippen LogP contribution is -2.23. The predicted molar refractivity (Wildman–Crippen MR) is 163 cm³/mol. The summed E-state index contributed by atoms with van der Waals surface area (Å²) in [6.07, 6.45) is -5.78. The fourth-order valence-electron chi connectivity index (χ4n) is 4.10. The van der Waals surface area contributed by atoms with Gasteiger partial charge in [0.15, 0.2) is 23.3 Å². The molecular weight excluding hydrogens is 747 g/mol. The van der Waals surface area contributed by atoms with E-state index in [4.69, 9.17) is 46.4 Å². The summed E-state index contributed by atoms with van der Waals surface area (Å²) < 4.78 is 96.6. The lowest BCUT2D eigenvalue weighted by molar-refractivity contribution is -0.143. The fourth-order valence-corrected chi connectivity index (χ4v) is 6.21. The molecule has 6 nitrogen and oxygen atoms in total. The summed E-state index contributed by atoms with van der Waals surface area (Å²) in [5.41, 5.74) is -5.78. The van der Waals surface area contributed by atoms with E-state index in [0.29, 0.717) is 11.8 Å². The van der Waals surface area contributed by atoms with Gasteiger partial charge in [0.1, 0.15) is 16.5 Å². The number of hydrogen-bond acceptors (Lipinski definition) is 4. The van der Waals surface area contributed by atoms with Gasteiger partial charge in [-0.2, -0.15) is 13.2 Å². The third-order valence-corrected chi connectivity index (χ3v) is 9.24. The highest BCUT2D eigenvalue weighted by atomic mass is 35.5. The van der Waals surface area contributed by atoms with E-state index in [1.807, 2.05) is 0 Å². The highest BCUT2D eigenvalue weighted by molar-refractivity contribution is 8.00. The van der Waals surface area contributed by atoms with Gasteiger partial charge in [-0.05, 0) is 23.8 Å². The number of hydrogen-bond donors (Lipinski definition) is 3. The zero-order chi connectivity index (χ0) is 35.0. The Kier molecular flexibility index (Phi) is 10.9. The van der Waals surface area contributed by atoms with Crippen molar-refractivity contribution < 1.29 is 50.2 Å². The van der Waals surface area contributed by atoms with Crippen LogP contribution in [0.4, 0.5) is 42.1 Å². The number of carbonyl (C=O) groups is 3. The molecular formula is C29H13Cl4F7N2O4S. The molecule has 0 heterocycles. The standard InChI is InChI=1S/C29H13Cl4F7N2O4S/c30-16-13(14(28(45)46)17(31)19(33)18(16)32)26(43)41-11-7-4-8-12(9-11)47-25(10-5-2-1-3-6-10)27(44)42-24-22(36)20(34)15(29(38,39)40)21(35)23(24)37/h1-9,25H,(H,41,43)(H,42,44)(H,45,46). The van der Waals surface area contributed by atoms with Crippen LogP contribution in [-0.4, -0.2) is 22.9 Å². The molecule has 4 rings (SSSR count). The average molecular weight is 760 g/mol. The number of carboxylic acid groups (broad SMARTS) is 1. The van der Waals surface area contributed by atoms with E-state index >= 15 is 0 Å². The molecule has 0 aromatic heterocycles. The Morgan fingerprint density at radius 1 is 0.723 bits per heavy atom. The van der Waals surface area contributed by atoms with Gasteiger partial charge in [0.05, 0.1) is 31.2 Å². The Morgan fingerprint density at radius 2 is 1.28 bits per heavy atom. The van der Waals surface area contributed by atoms with Crippen molar-refractivity contribution in [3.05, 3.63) is 120 Å². The van der Waals surface area contributed by atoms with Crippen molar-refractivity contribution in [2.45, 2.75) is 16.3 Å². The molecule has 0 bridgehead atoms. The largest absolute Gasteiger partial charge is 0.478 e. The summed E-state index contributed by atoms with van der Waals surface area (Å²) in [7, 11) is 0. The Labute approximate surface area is 283 Å². The van der Waals surface area contributed by atoms with E-state index in [0.717, 1.165) is 0 Å². The van der Waals surface area contributed by atoms with Crippen molar-refractivity contribution in [3.8, 4) is 0 Å². The second kappa shape index (κ2) is 14.2. The van der Waals surface area contributed by atoms with Gasteiger partial charge >= 0.3 is 12.1 Å². The van der Waals surface area contributed by atoms with Crippen LogP contribution in [0, 0.1) is 23.3 Å². The van der Waals surface area contributed by atoms with Gasteiger partial charge in [0.25, 0.3) is 5.91 Å². The molecule has 3 N–H and O–H groups in total. The van der Waals surface area contributed by atoms with Gasteiger partial charge in [0, 0.05) is 10.6 Å². The second-order valence-electron chi connectivity index (χ2n) is 9.19. The molecule has 1 atom stereocenters. The molecule has 47 heavy (non-hydrogen) atoms. The van der Waals surface area contributed by atoms with Gasteiger partial charge in [-0.15, -0.1) is 11.8 Å². The van der Waals surface area contributed by atoms with Crippen LogP contribution in [0.1, 0.15) is 37.1 Å². The Balaban J connectivity index is 1.68. The van der Waals surface area contributed by atoms with Crippen molar-refractivity contribution >= 4 is 87.3 Å². The zero-order valence-corrected chi connectivity index (χ0v) is 26.4. The van der Waals surface area contributed by atoms with Gasteiger partial charge < -0.3 is 15.7 Å². The molecule has 1 unspecified atom stereocenters. The highest BCUT2D eigenvalue weighted by Crippen LogP contribution is 2.43. The summed E-state index contributed by atoms with van der Waals surface area (Å²) >= 11 is 24.7. The van der Waals surface area contributed by atoms with Gasteiger partial charge in [-0.1, -0.05) is 82.8 Å². The molecule has 0 aliphatic heterocycles. The fraction of sp³-hybridized carbons (Fsp3) is 0.0690. The molecule has 0 aliphatic carbocycles. The molecule has 2 amide bonds. The summed E-state index contributed by atoms with van der Waals surface area (Å²) in [4.78, 5) is 38.5. The maximum absolute atomic E-state index is 14.6. The van der Waals surface area contributed by atoms with E-state index in [-0.39, 0.29) is 16.1 Å². The Bertz CT molecular complexity index is 1900. The van der Waals surface area contributed by atoms with Crippen LogP contribution in [0.25, 0.3) is 0 Å². The van der Waals surface area contributed by atoms with E-state index in [1.54, 1.807) is 11.4 Å². The minimum absolute atomic E-state index is 0.00536. The average Bonchev–Trinajstić information content (AvgIpc) is 3.01. The molecule has 0 saturated carbocycles. The number of nitrogens with one attached hydrogen (secondary N) is 2. The normalized spacial score (nSPS) is 12.1. The maximum atomic E-state index is 14.6. The van der Waals surface area contributed by atoms with Crippen LogP contribution in [0.2, 0.25) is 20.1 Å². The minimum Gasteiger partial charge on any atom is -0.478 e. The quantitative estimate of drug-likeness (QED) is 0.0720. The summed E-state index contributed by atoms with van der Waals surface area (Å²) in [6, 6.07) is 12.8. The monoisotopic (exact) mass is 758 g/mol. The first-order valence-electron chi connectivity index (χ1n) is 12.4. The second-order valence-corrected chi connectivity index (χ2v) is 11.9.